The van der Waals surface area contributed by atoms with Gasteiger partial charge >= 0.3 is 5.97 Å². The van der Waals surface area contributed by atoms with E-state index >= 15 is 0 Å². The first-order chi connectivity index (χ1) is 6.11. The molecule has 1 N–H and O–H groups in total. The molecule has 0 saturated carbocycles. The van der Waals surface area contributed by atoms with Gasteiger partial charge in [0, 0.05) is 0 Å². The van der Waals surface area contributed by atoms with E-state index in [1.807, 2.05) is 0 Å². The molecule has 2 unspecified atom stereocenters. The van der Waals surface area contributed by atoms with Gasteiger partial charge in [-0.2, -0.15) is 0 Å². The van der Waals surface area contributed by atoms with Crippen LogP contribution in [0.15, 0.2) is 12.7 Å². The normalized spacial score (nSPS) is 14.9. The van der Waals surface area contributed by atoms with E-state index in [9.17, 15) is 4.79 Å². The Morgan fingerprint density at radius 3 is 2.54 bits per heavy atom. The van der Waals surface area contributed by atoms with Crippen molar-refractivity contribution in [1.29, 1.82) is 0 Å². The van der Waals surface area contributed by atoms with Gasteiger partial charge in [-0.3, -0.25) is 4.79 Å². The van der Waals surface area contributed by atoms with E-state index in [1.165, 1.54) is 12.5 Å². The third-order valence-corrected chi connectivity index (χ3v) is 2.51. The molecule has 76 valence electrons. The van der Waals surface area contributed by atoms with Crippen LogP contribution in [0, 0.1) is 11.8 Å². The highest BCUT2D eigenvalue weighted by atomic mass is 16.4. The molecule has 0 fully saturated rings. The Kier molecular flexibility index (Phi) is 6.29. The lowest BCUT2D eigenvalue weighted by Gasteiger charge is -2.10. The van der Waals surface area contributed by atoms with Crippen LogP contribution in [0.2, 0.25) is 0 Å². The van der Waals surface area contributed by atoms with Crippen molar-refractivity contribution in [1.82, 2.24) is 0 Å². The minimum atomic E-state index is -0.751. The summed E-state index contributed by atoms with van der Waals surface area (Å²) in [6.07, 6.45) is 5.53. The van der Waals surface area contributed by atoms with Crippen LogP contribution in [-0.2, 0) is 4.79 Å². The minimum Gasteiger partial charge on any atom is -0.481 e. The Morgan fingerprint density at radius 2 is 2.15 bits per heavy atom. The van der Waals surface area contributed by atoms with Crippen LogP contribution >= 0.6 is 0 Å². The first kappa shape index (κ1) is 12.2. The molecule has 0 spiro atoms. The summed E-state index contributed by atoms with van der Waals surface area (Å²) in [5, 5.41) is 8.72. The predicted molar refractivity (Wildman–Crippen MR) is 54.6 cm³/mol. The highest BCUT2D eigenvalue weighted by molar-refractivity contribution is 5.71. The van der Waals surface area contributed by atoms with E-state index in [4.69, 9.17) is 5.11 Å². The summed E-state index contributed by atoms with van der Waals surface area (Å²) in [6, 6.07) is 0. The highest BCUT2D eigenvalue weighted by Gasteiger charge is 2.12. The van der Waals surface area contributed by atoms with Gasteiger partial charge < -0.3 is 5.11 Å². The van der Waals surface area contributed by atoms with E-state index in [0.717, 1.165) is 19.3 Å². The Labute approximate surface area is 80.7 Å². The number of hydrogen-bond donors (Lipinski definition) is 1. The van der Waals surface area contributed by atoms with Crippen LogP contribution in [0.4, 0.5) is 0 Å². The fraction of sp³-hybridized carbons (Fsp3) is 0.727. The molecule has 0 aromatic rings. The Hall–Kier alpha value is -0.790. The molecule has 0 aromatic carbocycles. The maximum absolute atomic E-state index is 10.6. The fourth-order valence-electron chi connectivity index (χ4n) is 1.23. The van der Waals surface area contributed by atoms with Gasteiger partial charge in [0.25, 0.3) is 0 Å². The molecule has 0 heterocycles. The molecular formula is C11H20O2. The van der Waals surface area contributed by atoms with Crippen LogP contribution in [-0.4, -0.2) is 11.1 Å². The van der Waals surface area contributed by atoms with Gasteiger partial charge in [0.15, 0.2) is 0 Å². The summed E-state index contributed by atoms with van der Waals surface area (Å²) >= 11 is 0. The number of aliphatic carboxylic acids is 1. The second-order valence-electron chi connectivity index (χ2n) is 3.62. The van der Waals surface area contributed by atoms with E-state index < -0.39 is 5.97 Å². The van der Waals surface area contributed by atoms with E-state index in [0.29, 0.717) is 5.92 Å². The maximum Gasteiger partial charge on any atom is 0.310 e. The molecule has 0 saturated heterocycles. The van der Waals surface area contributed by atoms with Gasteiger partial charge in [-0.25, -0.2) is 0 Å². The largest absolute Gasteiger partial charge is 0.481 e. The monoisotopic (exact) mass is 184 g/mol. The third-order valence-electron chi connectivity index (χ3n) is 2.51. The third kappa shape index (κ3) is 5.45. The molecule has 0 aliphatic heterocycles. The predicted octanol–water partition coefficient (Wildman–Crippen LogP) is 3.09. The Morgan fingerprint density at radius 1 is 1.54 bits per heavy atom. The first-order valence-corrected chi connectivity index (χ1v) is 4.97. The molecule has 0 amide bonds. The lowest BCUT2D eigenvalue weighted by molar-refractivity contribution is -0.140. The highest BCUT2D eigenvalue weighted by Crippen LogP contribution is 2.15. The zero-order valence-corrected chi connectivity index (χ0v) is 8.62. The zero-order chi connectivity index (χ0) is 10.3. The van der Waals surface area contributed by atoms with Crippen LogP contribution in [0.3, 0.4) is 0 Å². The van der Waals surface area contributed by atoms with Crippen LogP contribution in [0.1, 0.15) is 39.5 Å². The van der Waals surface area contributed by atoms with Gasteiger partial charge in [-0.1, -0.05) is 39.2 Å². The lowest BCUT2D eigenvalue weighted by Crippen LogP contribution is -2.10. The van der Waals surface area contributed by atoms with Crippen molar-refractivity contribution in [2.75, 3.05) is 0 Å². The van der Waals surface area contributed by atoms with Gasteiger partial charge in [-0.15, -0.1) is 6.58 Å². The van der Waals surface area contributed by atoms with Crippen molar-refractivity contribution in [3.05, 3.63) is 12.7 Å². The molecule has 0 aliphatic carbocycles. The number of hydrogen-bond acceptors (Lipinski definition) is 1. The van der Waals surface area contributed by atoms with Crippen molar-refractivity contribution >= 4 is 5.97 Å². The summed E-state index contributed by atoms with van der Waals surface area (Å²) in [5.41, 5.74) is 0. The molecule has 0 radical (unpaired) electrons. The average Bonchev–Trinajstić information content (AvgIpc) is 2.11. The van der Waals surface area contributed by atoms with Crippen molar-refractivity contribution < 1.29 is 9.90 Å². The second kappa shape index (κ2) is 6.70. The quantitative estimate of drug-likeness (QED) is 0.617. The molecule has 13 heavy (non-hydrogen) atoms. The summed E-state index contributed by atoms with van der Waals surface area (Å²) in [6.45, 7) is 7.88. The lowest BCUT2D eigenvalue weighted by atomic mass is 9.96. The smallest absolute Gasteiger partial charge is 0.310 e. The number of carboxylic acids is 1. The molecule has 0 rings (SSSR count). The van der Waals surface area contributed by atoms with E-state index in [2.05, 4.69) is 20.4 Å². The fourth-order valence-corrected chi connectivity index (χ4v) is 1.23. The van der Waals surface area contributed by atoms with Gasteiger partial charge in [0.1, 0.15) is 0 Å². The van der Waals surface area contributed by atoms with Crippen LogP contribution in [0.25, 0.3) is 0 Å². The van der Waals surface area contributed by atoms with Crippen LogP contribution < -0.4 is 0 Å². The van der Waals surface area contributed by atoms with E-state index in [-0.39, 0.29) is 5.92 Å². The van der Waals surface area contributed by atoms with Gasteiger partial charge in [0.05, 0.1) is 5.92 Å². The molecule has 2 nitrogen and oxygen atoms in total. The van der Waals surface area contributed by atoms with Gasteiger partial charge in [-0.05, 0) is 12.3 Å². The topological polar surface area (TPSA) is 37.3 Å². The van der Waals surface area contributed by atoms with Crippen molar-refractivity contribution in [2.24, 2.45) is 11.8 Å². The average molecular weight is 184 g/mol. The first-order valence-electron chi connectivity index (χ1n) is 4.97. The molecule has 0 aliphatic rings. The maximum atomic E-state index is 10.6. The minimum absolute atomic E-state index is 0.357. The SMILES string of the molecule is C=CC(CCCC(C)CC)C(=O)O. The molecule has 0 aromatic heterocycles. The molecule has 2 heteroatoms. The summed E-state index contributed by atoms with van der Waals surface area (Å²) < 4.78 is 0. The summed E-state index contributed by atoms with van der Waals surface area (Å²) in [7, 11) is 0. The van der Waals surface area contributed by atoms with Crippen LogP contribution in [0.5, 0.6) is 0 Å². The van der Waals surface area contributed by atoms with Crippen molar-refractivity contribution in [3.8, 4) is 0 Å². The molecule has 0 bridgehead atoms. The number of carbonyl (C=O) groups is 1. The van der Waals surface area contributed by atoms with Gasteiger partial charge in [0.2, 0.25) is 0 Å². The summed E-state index contributed by atoms with van der Waals surface area (Å²) in [5.74, 6) is -0.400. The molecular weight excluding hydrogens is 164 g/mol. The Balaban J connectivity index is 3.61. The van der Waals surface area contributed by atoms with Crippen molar-refractivity contribution in [2.45, 2.75) is 39.5 Å². The Bertz CT molecular complexity index is 163. The second-order valence-corrected chi connectivity index (χ2v) is 3.62. The number of rotatable bonds is 7. The van der Waals surface area contributed by atoms with Crippen molar-refractivity contribution in [3.63, 3.8) is 0 Å². The number of carboxylic acid groups (broad SMARTS) is 1. The summed E-state index contributed by atoms with van der Waals surface area (Å²) in [4.78, 5) is 10.6. The zero-order valence-electron chi connectivity index (χ0n) is 8.62. The standard InChI is InChI=1S/C11H20O2/c1-4-9(3)7-6-8-10(5-2)11(12)13/h5,9-10H,2,4,6-8H2,1,3H3,(H,12,13). The molecule has 2 atom stereocenters. The van der Waals surface area contributed by atoms with E-state index in [1.54, 1.807) is 0 Å².